The van der Waals surface area contributed by atoms with Crippen LogP contribution in [0.5, 0.6) is 0 Å². The smallest absolute Gasteiger partial charge is 0.343 e. The highest BCUT2D eigenvalue weighted by molar-refractivity contribution is 6.02. The highest BCUT2D eigenvalue weighted by atomic mass is 19.4. The van der Waals surface area contributed by atoms with E-state index in [4.69, 9.17) is 0 Å². The van der Waals surface area contributed by atoms with Gasteiger partial charge in [-0.15, -0.1) is 0 Å². The Morgan fingerprint density at radius 2 is 1.83 bits per heavy atom. The fourth-order valence-corrected chi connectivity index (χ4v) is 1.65. The molecule has 0 heterocycles. The molecule has 1 rings (SSSR count). The minimum Gasteiger partial charge on any atom is -0.343 e. The molecular formula is C15H16F4N2O2. The maximum atomic E-state index is 13.8. The van der Waals surface area contributed by atoms with E-state index in [-0.39, 0.29) is 16.8 Å². The Bertz CT molecular complexity index is 648. The van der Waals surface area contributed by atoms with Crippen LogP contribution < -0.4 is 10.6 Å². The number of alkyl halides is 3. The Balaban J connectivity index is 3.02. The number of benzene rings is 1. The topological polar surface area (TPSA) is 58.2 Å². The van der Waals surface area contributed by atoms with Gasteiger partial charge in [-0.1, -0.05) is 5.57 Å². The molecule has 0 fully saturated rings. The largest absolute Gasteiger partial charge is 0.405 e. The molecule has 0 saturated heterocycles. The molecule has 0 atom stereocenters. The van der Waals surface area contributed by atoms with Crippen LogP contribution >= 0.6 is 0 Å². The maximum absolute atomic E-state index is 13.8. The summed E-state index contributed by atoms with van der Waals surface area (Å²) in [6.07, 6.45) is -3.30. The van der Waals surface area contributed by atoms with Crippen molar-refractivity contribution in [2.75, 3.05) is 11.9 Å². The summed E-state index contributed by atoms with van der Waals surface area (Å²) in [7, 11) is 0. The highest BCUT2D eigenvalue weighted by Gasteiger charge is 2.28. The number of nitrogens with one attached hydrogen (secondary N) is 2. The zero-order valence-electron chi connectivity index (χ0n) is 12.8. The van der Waals surface area contributed by atoms with Crippen molar-refractivity contribution in [1.29, 1.82) is 0 Å². The molecule has 0 aliphatic heterocycles. The molecule has 0 bridgehead atoms. The van der Waals surface area contributed by atoms with Gasteiger partial charge in [-0.05, 0) is 32.9 Å². The van der Waals surface area contributed by atoms with Gasteiger partial charge in [0, 0.05) is 22.9 Å². The summed E-state index contributed by atoms with van der Waals surface area (Å²) in [6.45, 7) is 3.23. The zero-order chi connectivity index (χ0) is 17.8. The van der Waals surface area contributed by atoms with E-state index in [1.165, 1.54) is 13.0 Å². The molecule has 2 N–H and O–H groups in total. The van der Waals surface area contributed by atoms with Crippen molar-refractivity contribution in [1.82, 2.24) is 5.32 Å². The van der Waals surface area contributed by atoms with Crippen LogP contribution in [-0.2, 0) is 4.79 Å². The number of carbonyl (C=O) groups excluding carboxylic acids is 2. The fourth-order valence-electron chi connectivity index (χ4n) is 1.65. The van der Waals surface area contributed by atoms with Crippen molar-refractivity contribution in [3.05, 3.63) is 40.7 Å². The van der Waals surface area contributed by atoms with Crippen LogP contribution in [0, 0.1) is 12.7 Å². The first-order chi connectivity index (χ1) is 10.5. The van der Waals surface area contributed by atoms with E-state index < -0.39 is 30.4 Å². The van der Waals surface area contributed by atoms with Gasteiger partial charge < -0.3 is 10.6 Å². The first kappa shape index (κ1) is 18.7. The van der Waals surface area contributed by atoms with E-state index in [2.05, 4.69) is 5.32 Å². The molecule has 0 saturated carbocycles. The first-order valence-electron chi connectivity index (χ1n) is 6.60. The second-order valence-corrected chi connectivity index (χ2v) is 5.14. The molecule has 23 heavy (non-hydrogen) atoms. The third kappa shape index (κ3) is 6.09. The van der Waals surface area contributed by atoms with Crippen molar-refractivity contribution in [3.63, 3.8) is 0 Å². The quantitative estimate of drug-likeness (QED) is 0.656. The fraction of sp³-hybridized carbons (Fsp3) is 0.333. The lowest BCUT2D eigenvalue weighted by atomic mass is 10.1. The Labute approximate surface area is 130 Å². The summed E-state index contributed by atoms with van der Waals surface area (Å²) in [5, 5.41) is 4.04. The number of carbonyl (C=O) groups is 2. The van der Waals surface area contributed by atoms with E-state index in [0.29, 0.717) is 5.57 Å². The molecule has 126 valence electrons. The molecule has 1 aromatic carbocycles. The standard InChI is InChI=1S/C15H16F4N2O2/c1-8(2)4-13(22)21-12-6-10(5-11(16)9(12)3)14(23)20-7-15(17,18)19/h4-6H,7H2,1-3H3,(H,20,23)(H,21,22). The van der Waals surface area contributed by atoms with Crippen molar-refractivity contribution in [2.45, 2.75) is 26.9 Å². The van der Waals surface area contributed by atoms with Crippen LogP contribution in [0.4, 0.5) is 23.2 Å². The molecule has 1 aromatic rings. The van der Waals surface area contributed by atoms with Crippen LogP contribution in [0.3, 0.4) is 0 Å². The van der Waals surface area contributed by atoms with Crippen LogP contribution in [0.2, 0.25) is 0 Å². The average molecular weight is 332 g/mol. The van der Waals surface area contributed by atoms with E-state index in [9.17, 15) is 27.2 Å². The summed E-state index contributed by atoms with van der Waals surface area (Å²) in [4.78, 5) is 23.3. The predicted molar refractivity (Wildman–Crippen MR) is 77.6 cm³/mol. The molecule has 0 aliphatic rings. The second-order valence-electron chi connectivity index (χ2n) is 5.14. The van der Waals surface area contributed by atoms with Gasteiger partial charge in [0.2, 0.25) is 5.91 Å². The summed E-state index contributed by atoms with van der Waals surface area (Å²) in [6, 6.07) is 1.94. The number of amides is 2. The van der Waals surface area contributed by atoms with Crippen molar-refractivity contribution < 1.29 is 27.2 Å². The van der Waals surface area contributed by atoms with Crippen LogP contribution in [0.1, 0.15) is 29.8 Å². The number of anilines is 1. The van der Waals surface area contributed by atoms with Gasteiger partial charge in [0.1, 0.15) is 12.4 Å². The lowest BCUT2D eigenvalue weighted by Crippen LogP contribution is -2.33. The molecule has 0 unspecified atom stereocenters. The Kier molecular flexibility index (Phi) is 5.89. The predicted octanol–water partition coefficient (Wildman–Crippen LogP) is 3.33. The summed E-state index contributed by atoms with van der Waals surface area (Å²) >= 11 is 0. The van der Waals surface area contributed by atoms with Gasteiger partial charge in [-0.3, -0.25) is 9.59 Å². The molecule has 4 nitrogen and oxygen atoms in total. The normalized spacial score (nSPS) is 10.9. The van der Waals surface area contributed by atoms with E-state index in [1.807, 2.05) is 0 Å². The second kappa shape index (κ2) is 7.26. The minimum absolute atomic E-state index is 0.0182. The highest BCUT2D eigenvalue weighted by Crippen LogP contribution is 2.21. The Morgan fingerprint density at radius 1 is 1.22 bits per heavy atom. The van der Waals surface area contributed by atoms with Gasteiger partial charge in [-0.2, -0.15) is 13.2 Å². The molecule has 8 heteroatoms. The molecule has 0 spiro atoms. The molecule has 0 aliphatic carbocycles. The summed E-state index contributed by atoms with van der Waals surface area (Å²) in [5.74, 6) is -2.42. The molecule has 2 amide bonds. The van der Waals surface area contributed by atoms with Crippen LogP contribution in [0.15, 0.2) is 23.8 Å². The van der Waals surface area contributed by atoms with Crippen LogP contribution in [-0.4, -0.2) is 24.5 Å². The molecular weight excluding hydrogens is 316 g/mol. The molecule has 0 aromatic heterocycles. The van der Waals surface area contributed by atoms with Gasteiger partial charge in [0.25, 0.3) is 5.91 Å². The number of hydrogen-bond donors (Lipinski definition) is 2. The maximum Gasteiger partial charge on any atom is 0.405 e. The number of hydrogen-bond acceptors (Lipinski definition) is 2. The third-order valence-electron chi connectivity index (χ3n) is 2.73. The van der Waals surface area contributed by atoms with Gasteiger partial charge in [0.15, 0.2) is 0 Å². The zero-order valence-corrected chi connectivity index (χ0v) is 12.8. The lowest BCUT2D eigenvalue weighted by Gasteiger charge is -2.12. The van der Waals surface area contributed by atoms with E-state index in [1.54, 1.807) is 19.2 Å². The summed E-state index contributed by atoms with van der Waals surface area (Å²) < 4.78 is 50.1. The summed E-state index contributed by atoms with van der Waals surface area (Å²) in [5.41, 5.74) is 0.488. The number of allylic oxidation sites excluding steroid dienone is 1. The Morgan fingerprint density at radius 3 is 2.35 bits per heavy atom. The van der Waals surface area contributed by atoms with Crippen molar-refractivity contribution >= 4 is 17.5 Å². The SMILES string of the molecule is CC(C)=CC(=O)Nc1cc(C(=O)NCC(F)(F)F)cc(F)c1C. The lowest BCUT2D eigenvalue weighted by molar-refractivity contribution is -0.123. The monoisotopic (exact) mass is 332 g/mol. The van der Waals surface area contributed by atoms with Gasteiger partial charge in [0.05, 0.1) is 0 Å². The minimum atomic E-state index is -4.57. The Hall–Kier alpha value is -2.38. The van der Waals surface area contributed by atoms with Gasteiger partial charge >= 0.3 is 6.18 Å². The van der Waals surface area contributed by atoms with Crippen molar-refractivity contribution in [3.8, 4) is 0 Å². The van der Waals surface area contributed by atoms with Gasteiger partial charge in [-0.25, -0.2) is 4.39 Å². The van der Waals surface area contributed by atoms with E-state index in [0.717, 1.165) is 12.1 Å². The average Bonchev–Trinajstić information content (AvgIpc) is 2.39. The number of rotatable bonds is 4. The third-order valence-corrected chi connectivity index (χ3v) is 2.73. The van der Waals surface area contributed by atoms with Crippen molar-refractivity contribution in [2.24, 2.45) is 0 Å². The first-order valence-corrected chi connectivity index (χ1v) is 6.60. The van der Waals surface area contributed by atoms with E-state index >= 15 is 0 Å². The molecule has 0 radical (unpaired) electrons. The van der Waals surface area contributed by atoms with Crippen LogP contribution in [0.25, 0.3) is 0 Å². The number of halogens is 4.